The molecule has 0 aromatic rings. The minimum atomic E-state index is -0.289. The molecule has 0 aromatic heterocycles. The zero-order valence-corrected chi connectivity index (χ0v) is 7.75. The van der Waals surface area contributed by atoms with Gasteiger partial charge in [0.1, 0.15) is 6.10 Å². The number of hydrogen-bond donors (Lipinski definition) is 0. The average molecular weight is 170 g/mol. The van der Waals surface area contributed by atoms with E-state index in [1.165, 1.54) is 0 Å². The fourth-order valence-electron chi connectivity index (χ4n) is 1.33. The van der Waals surface area contributed by atoms with Gasteiger partial charge in [0.15, 0.2) is 0 Å². The maximum Gasteiger partial charge on any atom is 0.251 e. The normalized spacial score (nSPS) is 20.7. The van der Waals surface area contributed by atoms with Crippen molar-refractivity contribution >= 4 is 5.91 Å². The number of likely N-dealkylation sites (tertiary alicyclic amines) is 1. The second-order valence-electron chi connectivity index (χ2n) is 3.07. The van der Waals surface area contributed by atoms with Crippen LogP contribution in [0.4, 0.5) is 0 Å². The van der Waals surface area contributed by atoms with Crippen molar-refractivity contribution < 1.29 is 9.53 Å². The Labute approximate surface area is 73.7 Å². The van der Waals surface area contributed by atoms with Crippen molar-refractivity contribution in [3.05, 3.63) is 6.42 Å². The van der Waals surface area contributed by atoms with Gasteiger partial charge in [-0.05, 0) is 26.2 Å². The summed E-state index contributed by atoms with van der Waals surface area (Å²) >= 11 is 0. The molecular formula is C9H16NO2. The van der Waals surface area contributed by atoms with Crippen LogP contribution in [0.25, 0.3) is 0 Å². The van der Waals surface area contributed by atoms with Gasteiger partial charge in [0.2, 0.25) is 0 Å². The summed E-state index contributed by atoms with van der Waals surface area (Å²) in [5.41, 5.74) is 0. The second kappa shape index (κ2) is 4.45. The van der Waals surface area contributed by atoms with E-state index in [4.69, 9.17) is 4.74 Å². The molecule has 1 aliphatic heterocycles. The van der Waals surface area contributed by atoms with E-state index in [0.717, 1.165) is 25.9 Å². The number of methoxy groups -OCH3 is 1. The molecule has 1 aliphatic rings. The van der Waals surface area contributed by atoms with Gasteiger partial charge in [0.25, 0.3) is 5.91 Å². The summed E-state index contributed by atoms with van der Waals surface area (Å²) in [6, 6.07) is 0. The molecule has 3 heteroatoms. The number of nitrogens with zero attached hydrogens (tertiary/aromatic N) is 1. The first kappa shape index (κ1) is 9.52. The molecule has 1 radical (unpaired) electrons. The third-order valence-electron chi connectivity index (χ3n) is 2.22. The fourth-order valence-corrected chi connectivity index (χ4v) is 1.33. The summed E-state index contributed by atoms with van der Waals surface area (Å²) in [5, 5.41) is 0. The number of carbonyl (C=O) groups excluding carboxylic acids is 1. The number of rotatable bonds is 2. The summed E-state index contributed by atoms with van der Waals surface area (Å²) in [5.74, 6) is 0.116. The van der Waals surface area contributed by atoms with Crippen molar-refractivity contribution in [3.8, 4) is 0 Å². The van der Waals surface area contributed by atoms with Crippen molar-refractivity contribution in [2.24, 2.45) is 0 Å². The highest BCUT2D eigenvalue weighted by molar-refractivity contribution is 5.80. The van der Waals surface area contributed by atoms with Crippen molar-refractivity contribution in [2.75, 3.05) is 20.2 Å². The third kappa shape index (κ3) is 2.21. The first-order chi connectivity index (χ1) is 5.75. The van der Waals surface area contributed by atoms with Crippen molar-refractivity contribution in [2.45, 2.75) is 25.9 Å². The van der Waals surface area contributed by atoms with Gasteiger partial charge in [-0.25, -0.2) is 0 Å². The van der Waals surface area contributed by atoms with Crippen molar-refractivity contribution in [3.63, 3.8) is 0 Å². The van der Waals surface area contributed by atoms with Crippen LogP contribution in [0, 0.1) is 6.42 Å². The molecule has 1 atom stereocenters. The molecule has 0 saturated carbocycles. The molecular weight excluding hydrogens is 154 g/mol. The first-order valence-electron chi connectivity index (χ1n) is 4.39. The molecule has 1 amide bonds. The van der Waals surface area contributed by atoms with Crippen LogP contribution < -0.4 is 0 Å². The van der Waals surface area contributed by atoms with Crippen LogP contribution in [-0.2, 0) is 9.53 Å². The van der Waals surface area contributed by atoms with Crippen LogP contribution in [-0.4, -0.2) is 37.1 Å². The highest BCUT2D eigenvalue weighted by Gasteiger charge is 2.21. The van der Waals surface area contributed by atoms with Crippen LogP contribution in [0.3, 0.4) is 0 Å². The Bertz CT molecular complexity index is 153. The van der Waals surface area contributed by atoms with Crippen LogP contribution in [0.5, 0.6) is 0 Å². The molecule has 1 unspecified atom stereocenters. The van der Waals surface area contributed by atoms with Crippen molar-refractivity contribution in [1.29, 1.82) is 0 Å². The summed E-state index contributed by atoms with van der Waals surface area (Å²) < 4.78 is 4.96. The minimum Gasteiger partial charge on any atom is -0.372 e. The highest BCUT2D eigenvalue weighted by Crippen LogP contribution is 2.09. The maximum atomic E-state index is 11.5. The maximum absolute atomic E-state index is 11.5. The summed E-state index contributed by atoms with van der Waals surface area (Å²) in [6.45, 7) is 3.50. The largest absolute Gasteiger partial charge is 0.372 e. The zero-order chi connectivity index (χ0) is 8.97. The van der Waals surface area contributed by atoms with Gasteiger partial charge < -0.3 is 9.64 Å². The van der Waals surface area contributed by atoms with E-state index < -0.39 is 0 Å². The van der Waals surface area contributed by atoms with Crippen LogP contribution in [0.2, 0.25) is 0 Å². The highest BCUT2D eigenvalue weighted by atomic mass is 16.5. The SMILES string of the molecule is COC(C)C(=O)N1CC[CH]CC1. The molecule has 1 saturated heterocycles. The van der Waals surface area contributed by atoms with Gasteiger partial charge in [-0.2, -0.15) is 0 Å². The molecule has 1 rings (SSSR count). The predicted octanol–water partition coefficient (Wildman–Crippen LogP) is 0.848. The van der Waals surface area contributed by atoms with Gasteiger partial charge in [0.05, 0.1) is 0 Å². The Kier molecular flexibility index (Phi) is 3.53. The average Bonchev–Trinajstić information content (AvgIpc) is 2.17. The Morgan fingerprint density at radius 2 is 2.08 bits per heavy atom. The first-order valence-corrected chi connectivity index (χ1v) is 4.39. The Morgan fingerprint density at radius 1 is 1.50 bits per heavy atom. The van der Waals surface area contributed by atoms with E-state index >= 15 is 0 Å². The van der Waals surface area contributed by atoms with Gasteiger partial charge in [0, 0.05) is 20.2 Å². The van der Waals surface area contributed by atoms with Gasteiger partial charge in [-0.3, -0.25) is 4.79 Å². The molecule has 3 nitrogen and oxygen atoms in total. The lowest BCUT2D eigenvalue weighted by molar-refractivity contribution is -0.141. The molecule has 0 aliphatic carbocycles. The summed E-state index contributed by atoms with van der Waals surface area (Å²) in [7, 11) is 1.57. The molecule has 1 heterocycles. The van der Waals surface area contributed by atoms with Crippen LogP contribution in [0.1, 0.15) is 19.8 Å². The number of ether oxygens (including phenoxy) is 1. The summed E-state index contributed by atoms with van der Waals surface area (Å²) in [4.78, 5) is 13.4. The quantitative estimate of drug-likeness (QED) is 0.615. The van der Waals surface area contributed by atoms with Crippen LogP contribution >= 0.6 is 0 Å². The van der Waals surface area contributed by atoms with Gasteiger partial charge >= 0.3 is 0 Å². The van der Waals surface area contributed by atoms with E-state index in [1.54, 1.807) is 14.0 Å². The number of amides is 1. The zero-order valence-electron chi connectivity index (χ0n) is 7.75. The molecule has 1 fully saturated rings. The molecule has 0 spiro atoms. The van der Waals surface area contributed by atoms with E-state index in [-0.39, 0.29) is 12.0 Å². The second-order valence-corrected chi connectivity index (χ2v) is 3.07. The third-order valence-corrected chi connectivity index (χ3v) is 2.22. The Morgan fingerprint density at radius 3 is 2.58 bits per heavy atom. The van der Waals surface area contributed by atoms with Crippen LogP contribution in [0.15, 0.2) is 0 Å². The lowest BCUT2D eigenvalue weighted by Crippen LogP contribution is -2.41. The number of piperidine rings is 1. The van der Waals surface area contributed by atoms with E-state index in [2.05, 4.69) is 6.42 Å². The number of carbonyl (C=O) groups is 1. The smallest absolute Gasteiger partial charge is 0.251 e. The standard InChI is InChI=1S/C9H16NO2/c1-8(12-2)9(11)10-6-4-3-5-7-10/h3,8H,4-7H2,1-2H3. The van der Waals surface area contributed by atoms with E-state index in [0.29, 0.717) is 0 Å². The van der Waals surface area contributed by atoms with E-state index in [9.17, 15) is 4.79 Å². The molecule has 12 heavy (non-hydrogen) atoms. The molecule has 0 bridgehead atoms. The molecule has 69 valence electrons. The monoisotopic (exact) mass is 170 g/mol. The minimum absolute atomic E-state index is 0.116. The Balaban J connectivity index is 2.39. The van der Waals surface area contributed by atoms with E-state index in [1.807, 2.05) is 4.90 Å². The lowest BCUT2D eigenvalue weighted by atomic mass is 10.1. The fraction of sp³-hybridized carbons (Fsp3) is 0.778. The van der Waals surface area contributed by atoms with Gasteiger partial charge in [-0.15, -0.1) is 0 Å². The van der Waals surface area contributed by atoms with Crippen molar-refractivity contribution in [1.82, 2.24) is 4.90 Å². The predicted molar refractivity (Wildman–Crippen MR) is 46.6 cm³/mol. The lowest BCUT2D eigenvalue weighted by Gasteiger charge is -2.28. The molecule has 0 N–H and O–H groups in total. The number of hydrogen-bond acceptors (Lipinski definition) is 2. The summed E-state index contributed by atoms with van der Waals surface area (Å²) in [6.07, 6.45) is 3.97. The topological polar surface area (TPSA) is 29.5 Å². The molecule has 0 aromatic carbocycles. The van der Waals surface area contributed by atoms with Gasteiger partial charge in [-0.1, -0.05) is 0 Å². The Hall–Kier alpha value is -0.570.